The summed E-state index contributed by atoms with van der Waals surface area (Å²) in [7, 11) is 0. The van der Waals surface area contributed by atoms with Gasteiger partial charge in [-0.25, -0.2) is 20.8 Å². The topological polar surface area (TPSA) is 455 Å². The first-order chi connectivity index (χ1) is 30.5. The molecule has 28 nitrogen and oxygen atoms in total. The van der Waals surface area contributed by atoms with Crippen molar-refractivity contribution in [2.24, 2.45) is 0 Å². The van der Waals surface area contributed by atoms with E-state index < -0.39 is 21.0 Å². The number of allylic oxidation sites excluding steroid dienone is 2. The maximum Gasteiger partial charge on any atom is 2.00 e. The zero-order valence-electron chi connectivity index (χ0n) is 38.2. The standard InChI is InChI=1S/5C6H12NO.C6H8NO.4Mn.2H3NO3.2H2NO3/c6*8-5-6-3-1-2-4-7-6;;;;;4*2-1(3)4/h5*6,8H,1-5H2;1-3,8H,4-5H2;;;;;2*2-4H;2*(H2,2,3,4)/q6*-1;;;2*+2;;;2*+1. The molecule has 6 heterocycles. The molecule has 6 aliphatic heterocycles. The van der Waals surface area contributed by atoms with Gasteiger partial charge in [0.25, 0.3) is 0 Å². The van der Waals surface area contributed by atoms with E-state index in [1.54, 1.807) is 0 Å². The fourth-order valence-corrected chi connectivity index (χ4v) is 5.60. The third-order valence-corrected chi connectivity index (χ3v) is 8.70. The minimum Gasteiger partial charge on any atom is -0.683 e. The fourth-order valence-electron chi connectivity index (χ4n) is 5.60. The van der Waals surface area contributed by atoms with Crippen molar-refractivity contribution < 1.29 is 161 Å². The van der Waals surface area contributed by atoms with E-state index in [9.17, 15) is 0 Å². The normalized spacial score (nSPS) is 21.7. The maximum atomic E-state index is 8.60. The molecule has 6 aliphatic rings. The first-order valence-electron chi connectivity index (χ1n) is 21.0. The van der Waals surface area contributed by atoms with Crippen molar-refractivity contribution in [3.63, 3.8) is 0 Å². The average molecular weight is 1160 g/mol. The number of piperidine rings is 5. The number of nitrogens with zero attached hydrogens (tertiary/aromatic N) is 10. The van der Waals surface area contributed by atoms with Crippen LogP contribution in [-0.4, -0.2) is 213 Å². The third-order valence-electron chi connectivity index (χ3n) is 8.70. The van der Waals surface area contributed by atoms with E-state index in [2.05, 4.69) is 31.9 Å². The third kappa shape index (κ3) is 76.5. The first kappa shape index (κ1) is 83.8. The van der Waals surface area contributed by atoms with E-state index in [1.165, 1.54) is 64.2 Å². The van der Waals surface area contributed by atoms with Crippen LogP contribution in [0.2, 0.25) is 0 Å². The predicted octanol–water partition coefficient (Wildman–Crippen LogP) is 3.32. The molecule has 0 spiro atoms. The van der Waals surface area contributed by atoms with Crippen molar-refractivity contribution in [1.82, 2.24) is 10.8 Å². The molecule has 0 aromatic heterocycles. The zero-order chi connectivity index (χ0) is 49.2. The quantitative estimate of drug-likeness (QED) is 0.134. The molecule has 5 fully saturated rings. The molecule has 0 aromatic carbocycles. The minimum atomic E-state index is -1.25. The second-order valence-corrected chi connectivity index (χ2v) is 13.8. The molecule has 408 valence electrons. The van der Waals surface area contributed by atoms with Crippen LogP contribution in [0.5, 0.6) is 0 Å². The van der Waals surface area contributed by atoms with Crippen molar-refractivity contribution in [1.29, 1.82) is 0 Å². The van der Waals surface area contributed by atoms with Crippen molar-refractivity contribution >= 4 is 0 Å². The van der Waals surface area contributed by atoms with Crippen molar-refractivity contribution in [3.05, 3.63) is 65.6 Å². The van der Waals surface area contributed by atoms with Crippen LogP contribution >= 0.6 is 0 Å². The Labute approximate surface area is 440 Å². The summed E-state index contributed by atoms with van der Waals surface area (Å²) < 4.78 is 0. The molecule has 5 atom stereocenters. The molecule has 68 heavy (non-hydrogen) atoms. The van der Waals surface area contributed by atoms with Crippen LogP contribution in [0.1, 0.15) is 96.3 Å². The van der Waals surface area contributed by atoms with Crippen LogP contribution in [0.4, 0.5) is 0 Å². The Bertz CT molecular complexity index is 920. The van der Waals surface area contributed by atoms with Gasteiger partial charge < -0.3 is 62.5 Å². The van der Waals surface area contributed by atoms with Crippen molar-refractivity contribution in [3.8, 4) is 0 Å². The molecule has 0 bridgehead atoms. The van der Waals surface area contributed by atoms with Crippen LogP contribution in [0.15, 0.2) is 23.9 Å². The SMILES string of the molecule is O=[N+](O)O.O=[N+](O)O.OCC1=CC=CC[N-]1.OCC1CCCC[N-]1.OCC1CCCC[N-]1.OCC1CCCC[N-]1.OCC1CCCC[N-]1.OCC1CCCC[N-]1.ON(O)O.ON(O)O.[Mn+2].[Mn+2].[Mn].[Mn]. The number of rotatable bonds is 6. The molecular formula is C36H78Mn4N10O18. The van der Waals surface area contributed by atoms with Crippen LogP contribution in [0.3, 0.4) is 0 Å². The molecule has 0 amide bonds. The van der Waals surface area contributed by atoms with E-state index in [0.717, 1.165) is 70.5 Å². The summed E-state index contributed by atoms with van der Waals surface area (Å²) in [5.41, 5.74) is 0.771. The van der Waals surface area contributed by atoms with Crippen molar-refractivity contribution in [2.75, 3.05) is 78.9 Å². The Morgan fingerprint density at radius 2 is 0.662 bits per heavy atom. The Morgan fingerprint density at radius 1 is 0.456 bits per heavy atom. The monoisotopic (exact) mass is 1160 g/mol. The minimum absolute atomic E-state index is 0. The van der Waals surface area contributed by atoms with Gasteiger partial charge in [0, 0.05) is 73.8 Å². The molecule has 5 unspecified atom stereocenters. The van der Waals surface area contributed by atoms with Crippen LogP contribution in [0, 0.1) is 9.81 Å². The van der Waals surface area contributed by atoms with E-state index in [-0.39, 0.29) is 138 Å². The van der Waals surface area contributed by atoms with Gasteiger partial charge in [-0.3, -0.25) is 31.2 Å². The average Bonchev–Trinajstić information content (AvgIpc) is 3.31. The molecule has 16 N–H and O–H groups in total. The molecule has 5 saturated heterocycles. The molecule has 0 aliphatic carbocycles. The second-order valence-electron chi connectivity index (χ2n) is 13.8. The largest absolute Gasteiger partial charge is 2.00 e. The summed E-state index contributed by atoms with van der Waals surface area (Å²) >= 11 is 0. The zero-order valence-corrected chi connectivity index (χ0v) is 42.9. The summed E-state index contributed by atoms with van der Waals surface area (Å²) in [5, 5.41) is 141. The smallest absolute Gasteiger partial charge is 0.683 e. The van der Waals surface area contributed by atoms with E-state index in [4.69, 9.17) is 92.5 Å². The number of aliphatic hydroxyl groups excluding tert-OH is 6. The van der Waals surface area contributed by atoms with E-state index >= 15 is 0 Å². The Balaban J connectivity index is -0.0000000987. The van der Waals surface area contributed by atoms with Gasteiger partial charge in [-0.15, -0.1) is 81.3 Å². The number of hydrogen-bond donors (Lipinski definition) is 16. The van der Waals surface area contributed by atoms with Gasteiger partial charge in [0.15, 0.2) is 0 Å². The van der Waals surface area contributed by atoms with E-state index in [1.807, 2.05) is 18.2 Å². The number of hydrogen-bond acceptors (Lipinski definition) is 16. The summed E-state index contributed by atoms with van der Waals surface area (Å²) in [5.74, 6) is 0. The van der Waals surface area contributed by atoms with Gasteiger partial charge in [-0.1, -0.05) is 108 Å². The van der Waals surface area contributed by atoms with Crippen LogP contribution in [0.25, 0.3) is 31.9 Å². The predicted molar refractivity (Wildman–Crippen MR) is 226 cm³/mol. The van der Waals surface area contributed by atoms with Gasteiger partial charge in [-0.05, 0) is 0 Å². The van der Waals surface area contributed by atoms with Gasteiger partial charge in [0.2, 0.25) is 0 Å². The van der Waals surface area contributed by atoms with Gasteiger partial charge in [0.1, 0.15) is 9.81 Å². The summed E-state index contributed by atoms with van der Waals surface area (Å²) in [6, 6.07) is 1.34. The molecule has 6 rings (SSSR count). The van der Waals surface area contributed by atoms with Gasteiger partial charge in [-0.2, -0.15) is 0 Å². The molecule has 0 saturated carbocycles. The summed E-state index contributed by atoms with van der Waals surface area (Å²) in [6.45, 7) is 6.84. The summed E-state index contributed by atoms with van der Waals surface area (Å²) in [6.07, 6.45) is 23.4. The second kappa shape index (κ2) is 66.0. The Kier molecular flexibility index (Phi) is 81.4. The molecule has 32 heteroatoms. The van der Waals surface area contributed by atoms with Crippen molar-refractivity contribution in [2.45, 2.75) is 127 Å². The van der Waals surface area contributed by atoms with Gasteiger partial charge in [0.05, 0.1) is 10.8 Å². The summed E-state index contributed by atoms with van der Waals surface area (Å²) in [4.78, 5) is 16.9. The number of aliphatic hydroxyl groups is 6. The molecule has 0 aromatic rings. The fraction of sp³-hybridized carbons (Fsp3) is 0.889. The molecular weight excluding hydrogens is 1080 g/mol. The van der Waals surface area contributed by atoms with Gasteiger partial charge >= 0.3 is 44.3 Å². The van der Waals surface area contributed by atoms with Crippen LogP contribution in [-0.2, 0) is 68.3 Å². The Hall–Kier alpha value is -1.00. The van der Waals surface area contributed by atoms with E-state index in [0.29, 0.717) is 6.54 Å². The first-order valence-corrected chi connectivity index (χ1v) is 21.0. The maximum absolute atomic E-state index is 8.60. The van der Waals surface area contributed by atoms with Crippen LogP contribution < -0.4 is 0 Å². The molecule has 4 radical (unpaired) electrons. The Morgan fingerprint density at radius 3 is 0.750 bits per heavy atom.